The van der Waals surface area contributed by atoms with Gasteiger partial charge in [-0.2, -0.15) is 8.42 Å². The number of hydrogen-bond acceptors (Lipinski definition) is 4. The van der Waals surface area contributed by atoms with E-state index in [4.69, 9.17) is 27.7 Å². The van der Waals surface area contributed by atoms with Crippen LogP contribution < -0.4 is 22.9 Å². The minimum Gasteiger partial charge on any atom is -0.370 e. The molecule has 11 heteroatoms. The van der Waals surface area contributed by atoms with Gasteiger partial charge in [0.2, 0.25) is 0 Å². The van der Waals surface area contributed by atoms with Gasteiger partial charge in [-0.15, -0.1) is 0 Å². The average Bonchev–Trinajstić information content (AvgIpc) is 1.50. The molecule has 0 aromatic carbocycles. The molecule has 80 valence electrons. The van der Waals surface area contributed by atoms with Crippen molar-refractivity contribution < 1.29 is 22.3 Å². The van der Waals surface area contributed by atoms with Gasteiger partial charge in [-0.3, -0.25) is 14.5 Å². The van der Waals surface area contributed by atoms with Gasteiger partial charge in [-0.1, -0.05) is 0 Å². The Labute approximate surface area is 74.0 Å². The molecule has 2 amide bonds. The molecule has 11 N–H and O–H groups in total. The highest BCUT2D eigenvalue weighted by atomic mass is 32.3. The third kappa shape index (κ3) is 291. The molecule has 0 aromatic rings. The zero-order valence-corrected chi connectivity index (χ0v) is 7.15. The molecule has 0 saturated carbocycles. The zero-order chi connectivity index (χ0) is 11.7. The summed E-state index contributed by atoms with van der Waals surface area (Å²) in [5, 5.41) is 6.06. The highest BCUT2D eigenvalue weighted by molar-refractivity contribution is 7.79. The van der Waals surface area contributed by atoms with Crippen molar-refractivity contribution >= 4 is 22.4 Å². The van der Waals surface area contributed by atoms with E-state index in [-0.39, 0.29) is 5.96 Å². The number of primary amides is 2. The molecule has 0 saturated heterocycles. The number of amides is 2. The molecular weight excluding hydrogens is 206 g/mol. The molecule has 10 nitrogen and oxygen atoms in total. The van der Waals surface area contributed by atoms with Crippen LogP contribution in [0.4, 0.5) is 4.79 Å². The van der Waals surface area contributed by atoms with Gasteiger partial charge < -0.3 is 22.9 Å². The topological polar surface area (TPSA) is 220 Å². The van der Waals surface area contributed by atoms with Crippen molar-refractivity contribution in [1.82, 2.24) is 0 Å². The van der Waals surface area contributed by atoms with E-state index < -0.39 is 16.4 Å². The van der Waals surface area contributed by atoms with Gasteiger partial charge in [0.15, 0.2) is 5.96 Å². The Morgan fingerprint density at radius 3 is 1.08 bits per heavy atom. The number of guanidine groups is 1. The first-order chi connectivity index (χ1) is 5.46. The Balaban J connectivity index is -0.000000117. The highest BCUT2D eigenvalue weighted by Gasteiger charge is 1.84. The monoisotopic (exact) mass is 217 g/mol. The molecule has 13 heavy (non-hydrogen) atoms. The highest BCUT2D eigenvalue weighted by Crippen LogP contribution is 1.59. The molecule has 0 unspecified atom stereocenters. The first-order valence-corrected chi connectivity index (χ1v) is 3.70. The number of hydrogen-bond donors (Lipinski definition) is 7. The van der Waals surface area contributed by atoms with Crippen LogP contribution in [0.15, 0.2) is 0 Å². The third-order valence-corrected chi connectivity index (χ3v) is 0. The van der Waals surface area contributed by atoms with E-state index in [0.717, 1.165) is 0 Å². The van der Waals surface area contributed by atoms with E-state index >= 15 is 0 Å². The number of urea groups is 1. The lowest BCUT2D eigenvalue weighted by atomic mass is 11.1. The van der Waals surface area contributed by atoms with Gasteiger partial charge in [0.05, 0.1) is 0 Å². The molecule has 0 rings (SSSR count). The number of nitrogens with two attached hydrogens (primary N) is 4. The molecule has 0 atom stereocenters. The predicted molar refractivity (Wildman–Crippen MR) is 44.0 cm³/mol. The van der Waals surface area contributed by atoms with Crippen LogP contribution in [0.3, 0.4) is 0 Å². The molecule has 0 aliphatic heterocycles. The number of carbonyl (C=O) groups excluding carboxylic acids is 1. The molecule has 0 spiro atoms. The van der Waals surface area contributed by atoms with Gasteiger partial charge in [-0.05, 0) is 0 Å². The molecule has 0 bridgehead atoms. The lowest BCUT2D eigenvalue weighted by molar-refractivity contribution is 0.256. The normalized spacial score (nSPS) is 8.15. The smallest absolute Gasteiger partial charge is 0.370 e. The summed E-state index contributed by atoms with van der Waals surface area (Å²) in [6.07, 6.45) is 0. The summed E-state index contributed by atoms with van der Waals surface area (Å²) < 4.78 is 31.6. The molecule has 0 aliphatic rings. The zero-order valence-electron chi connectivity index (χ0n) is 6.34. The Bertz CT molecular complexity index is 218. The fourth-order valence-electron chi connectivity index (χ4n) is 0. The van der Waals surface area contributed by atoms with Crippen molar-refractivity contribution in [3.63, 3.8) is 0 Å². The molecule has 0 radical (unpaired) electrons. The lowest BCUT2D eigenvalue weighted by Crippen LogP contribution is -2.20. The maximum Gasteiger partial charge on any atom is 0.394 e. The van der Waals surface area contributed by atoms with Gasteiger partial charge in [-0.25, -0.2) is 4.79 Å². The maximum absolute atomic E-state index is 9.00. The van der Waals surface area contributed by atoms with Crippen LogP contribution in [0.1, 0.15) is 0 Å². The van der Waals surface area contributed by atoms with Crippen LogP contribution >= 0.6 is 0 Å². The van der Waals surface area contributed by atoms with E-state index in [9.17, 15) is 0 Å². The van der Waals surface area contributed by atoms with Gasteiger partial charge in [0, 0.05) is 0 Å². The van der Waals surface area contributed by atoms with E-state index in [2.05, 4.69) is 22.9 Å². The van der Waals surface area contributed by atoms with E-state index in [1.807, 2.05) is 0 Å². The summed E-state index contributed by atoms with van der Waals surface area (Å²) in [4.78, 5) is 9.00. The summed E-state index contributed by atoms with van der Waals surface area (Å²) in [5.74, 6) is -0.333. The van der Waals surface area contributed by atoms with Gasteiger partial charge in [0.1, 0.15) is 0 Å². The minimum atomic E-state index is -4.67. The number of rotatable bonds is 0. The number of nitrogens with one attached hydrogen (secondary N) is 1. The maximum atomic E-state index is 9.00. The Morgan fingerprint density at radius 2 is 1.08 bits per heavy atom. The summed E-state index contributed by atoms with van der Waals surface area (Å²) in [5.41, 5.74) is 17.4. The summed E-state index contributed by atoms with van der Waals surface area (Å²) in [6.45, 7) is 0. The van der Waals surface area contributed by atoms with Crippen LogP contribution in [0.2, 0.25) is 0 Å². The Hall–Kier alpha value is -1.59. The fraction of sp³-hybridized carbons (Fsp3) is 0. The van der Waals surface area contributed by atoms with Crippen LogP contribution in [0.5, 0.6) is 0 Å². The van der Waals surface area contributed by atoms with E-state index in [1.165, 1.54) is 0 Å². The second-order valence-corrected chi connectivity index (χ2v) is 2.20. The quantitative estimate of drug-likeness (QED) is 0.128. The Morgan fingerprint density at radius 1 is 1.08 bits per heavy atom. The van der Waals surface area contributed by atoms with E-state index in [1.54, 1.807) is 0 Å². The predicted octanol–water partition coefficient (Wildman–Crippen LogP) is -2.79. The van der Waals surface area contributed by atoms with Gasteiger partial charge in [0.25, 0.3) is 0 Å². The standard InChI is InChI=1S/CH5N3.CH4N2O.H2O4S/c2*2-1(3)4;1-5(2,3)4/h(H5,2,3,4);(H4,2,3,4);(H2,1,2,3,4). The Kier molecular flexibility index (Phi) is 11.4. The fourth-order valence-corrected chi connectivity index (χ4v) is 0. The summed E-state index contributed by atoms with van der Waals surface area (Å²) in [7, 11) is -4.67. The number of carbonyl (C=O) groups is 1. The minimum absolute atomic E-state index is 0.333. The van der Waals surface area contributed by atoms with Crippen molar-refractivity contribution in [3.05, 3.63) is 0 Å². The van der Waals surface area contributed by atoms with Crippen molar-refractivity contribution in [2.75, 3.05) is 0 Å². The van der Waals surface area contributed by atoms with Crippen LogP contribution in [0, 0.1) is 5.41 Å². The van der Waals surface area contributed by atoms with Crippen molar-refractivity contribution in [2.24, 2.45) is 22.9 Å². The molecule has 0 heterocycles. The molecular formula is C2H11N5O5S. The SMILES string of the molecule is N=C(N)N.NC(N)=O.O=S(=O)(O)O. The first-order valence-electron chi connectivity index (χ1n) is 2.31. The average molecular weight is 217 g/mol. The first kappa shape index (κ1) is 17.5. The van der Waals surface area contributed by atoms with Gasteiger partial charge >= 0.3 is 16.4 Å². The van der Waals surface area contributed by atoms with Crippen molar-refractivity contribution in [1.29, 1.82) is 5.41 Å². The summed E-state index contributed by atoms with van der Waals surface area (Å²) in [6, 6.07) is -0.833. The van der Waals surface area contributed by atoms with Crippen LogP contribution in [0.25, 0.3) is 0 Å². The van der Waals surface area contributed by atoms with Crippen molar-refractivity contribution in [2.45, 2.75) is 0 Å². The summed E-state index contributed by atoms with van der Waals surface area (Å²) >= 11 is 0. The second-order valence-electron chi connectivity index (χ2n) is 1.31. The second kappa shape index (κ2) is 8.51. The molecule has 0 aliphatic carbocycles. The molecule has 0 aromatic heterocycles. The van der Waals surface area contributed by atoms with Crippen LogP contribution in [-0.2, 0) is 10.4 Å². The third-order valence-electron chi connectivity index (χ3n) is 0. The lowest BCUT2D eigenvalue weighted by Gasteiger charge is -1.69. The van der Waals surface area contributed by atoms with Crippen molar-refractivity contribution in [3.8, 4) is 0 Å². The van der Waals surface area contributed by atoms with E-state index in [0.29, 0.717) is 0 Å². The molecule has 0 fully saturated rings. The largest absolute Gasteiger partial charge is 0.394 e. The van der Waals surface area contributed by atoms with Crippen LogP contribution in [-0.4, -0.2) is 29.5 Å².